The van der Waals surface area contributed by atoms with Gasteiger partial charge in [-0.25, -0.2) is 4.99 Å². The topological polar surface area (TPSA) is 82.2 Å². The predicted molar refractivity (Wildman–Crippen MR) is 115 cm³/mol. The molecule has 0 bridgehead atoms. The fourth-order valence-corrected chi connectivity index (χ4v) is 5.23. The molecule has 0 amide bonds. The Bertz CT molecular complexity index is 1160. The van der Waals surface area contributed by atoms with E-state index < -0.39 is 23.5 Å². The van der Waals surface area contributed by atoms with Gasteiger partial charge < -0.3 is 9.84 Å². The summed E-state index contributed by atoms with van der Waals surface area (Å²) in [5.41, 5.74) is 1.31. The fraction of sp³-hybridized carbons (Fsp3) is 0.304. The first-order valence-electron chi connectivity index (χ1n) is 10.1. The molecule has 8 heteroatoms. The number of aliphatic hydroxyl groups excluding tert-OH is 1. The number of allylic oxidation sites excluding steroid dienone is 4. The number of benzene rings is 1. The summed E-state index contributed by atoms with van der Waals surface area (Å²) in [5.74, 6) is -0.113. The maximum atomic E-state index is 13.1. The number of aliphatic hydroxyl groups is 1. The molecule has 0 saturated carbocycles. The Kier molecular flexibility index (Phi) is 4.50. The van der Waals surface area contributed by atoms with E-state index in [4.69, 9.17) is 16.3 Å². The number of nitrogens with zero attached hydrogens (tertiary/aromatic N) is 3. The highest BCUT2D eigenvalue weighted by Crippen LogP contribution is 2.56. The van der Waals surface area contributed by atoms with Crippen molar-refractivity contribution in [2.75, 3.05) is 13.2 Å². The Labute approximate surface area is 184 Å². The second kappa shape index (κ2) is 7.00. The van der Waals surface area contributed by atoms with Crippen LogP contribution in [-0.4, -0.2) is 46.0 Å². The van der Waals surface area contributed by atoms with Crippen molar-refractivity contribution in [2.45, 2.75) is 25.5 Å². The third-order valence-electron chi connectivity index (χ3n) is 6.26. The third-order valence-corrected chi connectivity index (χ3v) is 6.48. The third kappa shape index (κ3) is 2.63. The van der Waals surface area contributed by atoms with Gasteiger partial charge in [-0.3, -0.25) is 9.69 Å². The summed E-state index contributed by atoms with van der Waals surface area (Å²) in [7, 11) is 0. The number of hydrogen-bond acceptors (Lipinski definition) is 6. The summed E-state index contributed by atoms with van der Waals surface area (Å²) in [6, 6.07) is 9.24. The zero-order chi connectivity index (χ0) is 21.9. The Morgan fingerprint density at radius 3 is 2.77 bits per heavy atom. The molecule has 1 aromatic carbocycles. The van der Waals surface area contributed by atoms with Crippen molar-refractivity contribution in [3.63, 3.8) is 0 Å². The lowest BCUT2D eigenvalue weighted by Gasteiger charge is -2.43. The quantitative estimate of drug-likeness (QED) is 0.579. The Morgan fingerprint density at radius 1 is 1.35 bits per heavy atom. The van der Waals surface area contributed by atoms with Gasteiger partial charge in [-0.2, -0.15) is 0 Å². The van der Waals surface area contributed by atoms with Crippen LogP contribution in [-0.2, 0) is 14.9 Å². The van der Waals surface area contributed by atoms with E-state index in [0.717, 1.165) is 11.4 Å². The number of esters is 1. The SMILES string of the molecule is CCOC(=O)C1C[N+](=O)[C@@H](O)[C@@]2(c3ccccc3)C3=CC(Cl)=CC3=CN3C(C)=NC3=C12. The van der Waals surface area contributed by atoms with E-state index in [2.05, 4.69) is 4.99 Å². The number of rotatable bonds is 3. The van der Waals surface area contributed by atoms with Crippen LogP contribution in [0.3, 0.4) is 0 Å². The number of nitroso groups, excluding NO2 is 1. The van der Waals surface area contributed by atoms with Crippen molar-refractivity contribution in [1.82, 2.24) is 4.90 Å². The lowest BCUT2D eigenvalue weighted by molar-refractivity contribution is -0.645. The Morgan fingerprint density at radius 2 is 2.10 bits per heavy atom. The maximum Gasteiger partial charge on any atom is 0.320 e. The fourth-order valence-electron chi connectivity index (χ4n) is 5.00. The summed E-state index contributed by atoms with van der Waals surface area (Å²) in [4.78, 5) is 32.6. The smallest absolute Gasteiger partial charge is 0.320 e. The lowest BCUT2D eigenvalue weighted by atomic mass is 9.60. The first-order valence-corrected chi connectivity index (χ1v) is 10.5. The second-order valence-corrected chi connectivity index (χ2v) is 8.33. The first-order chi connectivity index (χ1) is 14.9. The molecular weight excluding hydrogens is 418 g/mol. The van der Waals surface area contributed by atoms with Gasteiger partial charge >= 0.3 is 12.2 Å². The predicted octanol–water partition coefficient (Wildman–Crippen LogP) is 3.12. The summed E-state index contributed by atoms with van der Waals surface area (Å²) in [5, 5.41) is 12.0. The molecule has 1 unspecified atom stereocenters. The van der Waals surface area contributed by atoms with Gasteiger partial charge in [-0.1, -0.05) is 41.9 Å². The molecule has 1 aromatic rings. The van der Waals surface area contributed by atoms with Gasteiger partial charge in [0, 0.05) is 26.5 Å². The maximum absolute atomic E-state index is 13.1. The lowest BCUT2D eigenvalue weighted by Crippen LogP contribution is -2.58. The van der Waals surface area contributed by atoms with E-state index in [9.17, 15) is 14.8 Å². The van der Waals surface area contributed by atoms with E-state index in [0.29, 0.717) is 32.3 Å². The van der Waals surface area contributed by atoms with Gasteiger partial charge in [-0.05, 0) is 42.7 Å². The number of hydrogen-bond donors (Lipinski definition) is 1. The average molecular weight is 439 g/mol. The number of ether oxygens (including phenoxy) is 1. The molecule has 0 spiro atoms. The number of amidine groups is 1. The van der Waals surface area contributed by atoms with Crippen molar-refractivity contribution in [2.24, 2.45) is 10.9 Å². The Hall–Kier alpha value is -3.03. The molecular formula is C23H21ClN3O4+. The van der Waals surface area contributed by atoms with Crippen LogP contribution in [0.2, 0.25) is 0 Å². The van der Waals surface area contributed by atoms with E-state index in [1.807, 2.05) is 48.4 Å². The Balaban J connectivity index is 1.89. The van der Waals surface area contributed by atoms with Crippen LogP contribution in [0.4, 0.5) is 0 Å². The highest BCUT2D eigenvalue weighted by Gasteiger charge is 2.65. The molecule has 31 heavy (non-hydrogen) atoms. The minimum absolute atomic E-state index is 0.184. The molecule has 1 aliphatic carbocycles. The number of fused-ring (bicyclic) bond motifs is 4. The molecule has 3 atom stereocenters. The van der Waals surface area contributed by atoms with Gasteiger partial charge in [0.1, 0.15) is 23.0 Å². The van der Waals surface area contributed by atoms with Crippen LogP contribution in [0, 0.1) is 10.8 Å². The van der Waals surface area contributed by atoms with Crippen LogP contribution < -0.4 is 0 Å². The number of carbonyl (C=O) groups excluding carboxylic acids is 1. The van der Waals surface area contributed by atoms with Crippen molar-refractivity contribution in [3.8, 4) is 0 Å². The molecule has 1 fully saturated rings. The largest absolute Gasteiger partial charge is 0.465 e. The van der Waals surface area contributed by atoms with E-state index in [1.54, 1.807) is 19.1 Å². The van der Waals surface area contributed by atoms with Gasteiger partial charge in [0.15, 0.2) is 0 Å². The van der Waals surface area contributed by atoms with Crippen LogP contribution in [0.15, 0.2) is 81.2 Å². The highest BCUT2D eigenvalue weighted by molar-refractivity contribution is 6.32. The molecule has 1 N–H and O–H groups in total. The van der Waals surface area contributed by atoms with Crippen molar-refractivity contribution in [3.05, 3.63) is 86.7 Å². The summed E-state index contributed by atoms with van der Waals surface area (Å²) in [6.45, 7) is 3.54. The van der Waals surface area contributed by atoms with Gasteiger partial charge in [0.05, 0.1) is 6.61 Å². The monoisotopic (exact) mass is 438 g/mol. The number of aliphatic imine (C=N–C) groups is 1. The molecule has 4 aliphatic rings. The van der Waals surface area contributed by atoms with Gasteiger partial charge in [0.25, 0.3) is 0 Å². The van der Waals surface area contributed by atoms with Crippen LogP contribution in [0.25, 0.3) is 0 Å². The zero-order valence-electron chi connectivity index (χ0n) is 17.1. The summed E-state index contributed by atoms with van der Waals surface area (Å²) in [6.07, 6.45) is 3.96. The van der Waals surface area contributed by atoms with Crippen molar-refractivity contribution >= 4 is 23.4 Å². The number of carbonyl (C=O) groups is 1. The van der Waals surface area contributed by atoms with Crippen LogP contribution in [0.1, 0.15) is 19.4 Å². The molecule has 5 rings (SSSR count). The molecule has 7 nitrogen and oxygen atoms in total. The average Bonchev–Trinajstić information content (AvgIpc) is 3.09. The minimum atomic E-state index is -1.48. The standard InChI is InChI=1S/C23H21ClN3O4/c1-3-31-21(28)17-12-27(30)22(29)23(15-7-5-4-6-8-15)18-10-16(24)9-14(18)11-26-13(2)25-20(26)19(17)23/h4-11,17,22,29H,3,12H2,1-2H3/q+1/t17?,22-,23-/m0/s1. The summed E-state index contributed by atoms with van der Waals surface area (Å²) < 4.78 is 5.90. The van der Waals surface area contributed by atoms with Crippen LogP contribution in [0.5, 0.6) is 0 Å². The van der Waals surface area contributed by atoms with E-state index in [1.165, 1.54) is 0 Å². The molecule has 1 saturated heterocycles. The molecule has 3 aliphatic heterocycles. The molecule has 0 aromatic heterocycles. The van der Waals surface area contributed by atoms with E-state index >= 15 is 0 Å². The van der Waals surface area contributed by atoms with Gasteiger partial charge in [-0.15, -0.1) is 0 Å². The number of halogens is 1. The van der Waals surface area contributed by atoms with E-state index in [-0.39, 0.29) is 13.2 Å². The van der Waals surface area contributed by atoms with Crippen molar-refractivity contribution in [1.29, 1.82) is 0 Å². The highest BCUT2D eigenvalue weighted by atomic mass is 35.5. The molecule has 3 heterocycles. The summed E-state index contributed by atoms with van der Waals surface area (Å²) >= 11 is 6.41. The zero-order valence-corrected chi connectivity index (χ0v) is 17.8. The molecule has 0 radical (unpaired) electrons. The normalized spacial score (nSPS) is 28.9. The van der Waals surface area contributed by atoms with Crippen LogP contribution >= 0.6 is 11.6 Å². The minimum Gasteiger partial charge on any atom is -0.465 e. The van der Waals surface area contributed by atoms with Crippen molar-refractivity contribution < 1.29 is 19.4 Å². The number of piperidine rings is 1. The first kappa shape index (κ1) is 19.9. The second-order valence-electron chi connectivity index (χ2n) is 7.89. The van der Waals surface area contributed by atoms with Gasteiger partial charge in [0.2, 0.25) is 6.54 Å². The molecule has 158 valence electrons.